The van der Waals surface area contributed by atoms with Gasteiger partial charge in [0.15, 0.2) is 11.5 Å². The summed E-state index contributed by atoms with van der Waals surface area (Å²) in [5.41, 5.74) is 5.25. The van der Waals surface area contributed by atoms with Crippen LogP contribution < -0.4 is 14.9 Å². The maximum atomic E-state index is 12.6. The van der Waals surface area contributed by atoms with Gasteiger partial charge in [-0.1, -0.05) is 12.1 Å². The van der Waals surface area contributed by atoms with Crippen molar-refractivity contribution >= 4 is 12.1 Å². The van der Waals surface area contributed by atoms with Crippen molar-refractivity contribution in [1.82, 2.24) is 20.1 Å². The van der Waals surface area contributed by atoms with E-state index in [1.165, 1.54) is 31.5 Å². The first-order valence-electron chi connectivity index (χ1n) is 13.7. The summed E-state index contributed by atoms with van der Waals surface area (Å²) in [5, 5.41) is 4.14. The predicted octanol–water partition coefficient (Wildman–Crippen LogP) is 2.45. The predicted molar refractivity (Wildman–Crippen MR) is 147 cm³/mol. The number of hydrogen-bond acceptors (Lipinski definition) is 8. The highest BCUT2D eigenvalue weighted by molar-refractivity contribution is 5.94. The lowest BCUT2D eigenvalue weighted by atomic mass is 10.1. The number of carbonyl (C=O) groups excluding carboxylic acids is 1. The molecule has 2 aromatic carbocycles. The highest BCUT2D eigenvalue weighted by Gasteiger charge is 2.30. The van der Waals surface area contributed by atoms with E-state index in [4.69, 9.17) is 14.2 Å². The number of amides is 1. The molecular formula is C29H39N5O4. The summed E-state index contributed by atoms with van der Waals surface area (Å²) in [5.74, 6) is 1.08. The molecule has 9 nitrogen and oxygen atoms in total. The Morgan fingerprint density at radius 3 is 2.71 bits per heavy atom. The summed E-state index contributed by atoms with van der Waals surface area (Å²) >= 11 is 0. The zero-order chi connectivity index (χ0) is 26.2. The van der Waals surface area contributed by atoms with Crippen LogP contribution in [0.25, 0.3) is 0 Å². The summed E-state index contributed by atoms with van der Waals surface area (Å²) in [6.07, 6.45) is 4.25. The Bertz CT molecular complexity index is 1090. The van der Waals surface area contributed by atoms with E-state index in [0.29, 0.717) is 23.7 Å². The summed E-state index contributed by atoms with van der Waals surface area (Å²) in [7, 11) is 1.62. The molecule has 5 rings (SSSR count). The highest BCUT2D eigenvalue weighted by atomic mass is 16.5. The maximum absolute atomic E-state index is 12.6. The molecule has 3 fully saturated rings. The van der Waals surface area contributed by atoms with E-state index >= 15 is 0 Å². The number of hydrogen-bond donors (Lipinski definition) is 1. The standard InChI is InChI=1S/C29H39N5O4/c1-36-28-19-24(6-9-27(28)38-18-15-32-13-16-37-17-14-32)20-30-31-29(35)25-7-4-23(5-8-25)21-33-11-12-34-10-2-3-26(34)22-33/h4-9,19-20,26H,2-3,10-18,21-22H2,1H3,(H,31,35). The highest BCUT2D eigenvalue weighted by Crippen LogP contribution is 2.27. The van der Waals surface area contributed by atoms with E-state index in [0.717, 1.165) is 64.1 Å². The molecule has 0 saturated carbocycles. The Morgan fingerprint density at radius 1 is 1.05 bits per heavy atom. The average molecular weight is 522 g/mol. The van der Waals surface area contributed by atoms with E-state index in [2.05, 4.69) is 25.2 Å². The quantitative estimate of drug-likeness (QED) is 0.380. The van der Waals surface area contributed by atoms with Crippen LogP contribution in [0, 0.1) is 0 Å². The van der Waals surface area contributed by atoms with Gasteiger partial charge < -0.3 is 14.2 Å². The number of ether oxygens (including phenoxy) is 3. The van der Waals surface area contributed by atoms with Crippen LogP contribution in [0.2, 0.25) is 0 Å². The zero-order valence-electron chi connectivity index (χ0n) is 22.3. The van der Waals surface area contributed by atoms with Gasteiger partial charge in [-0.25, -0.2) is 5.43 Å². The molecule has 3 aliphatic rings. The molecule has 0 aromatic heterocycles. The average Bonchev–Trinajstić information content (AvgIpc) is 3.42. The minimum Gasteiger partial charge on any atom is -0.493 e. The number of fused-ring (bicyclic) bond motifs is 1. The van der Waals surface area contributed by atoms with Crippen LogP contribution in [-0.4, -0.2) is 106 Å². The maximum Gasteiger partial charge on any atom is 0.271 e. The van der Waals surface area contributed by atoms with E-state index in [-0.39, 0.29) is 5.91 Å². The largest absolute Gasteiger partial charge is 0.493 e. The molecule has 9 heteroatoms. The van der Waals surface area contributed by atoms with E-state index < -0.39 is 0 Å². The first-order valence-corrected chi connectivity index (χ1v) is 13.7. The molecular weight excluding hydrogens is 482 g/mol. The van der Waals surface area contributed by atoms with Crippen LogP contribution >= 0.6 is 0 Å². The summed E-state index contributed by atoms with van der Waals surface area (Å²) in [6, 6.07) is 14.2. The molecule has 0 bridgehead atoms. The van der Waals surface area contributed by atoms with Gasteiger partial charge in [-0.3, -0.25) is 19.5 Å². The molecule has 3 saturated heterocycles. The van der Waals surface area contributed by atoms with Gasteiger partial charge >= 0.3 is 0 Å². The molecule has 1 amide bonds. The van der Waals surface area contributed by atoms with Crippen molar-refractivity contribution < 1.29 is 19.0 Å². The Balaban J connectivity index is 1.08. The van der Waals surface area contributed by atoms with Gasteiger partial charge in [0, 0.05) is 57.4 Å². The van der Waals surface area contributed by atoms with Gasteiger partial charge in [-0.05, 0) is 60.8 Å². The van der Waals surface area contributed by atoms with Gasteiger partial charge in [0.25, 0.3) is 5.91 Å². The molecule has 3 aliphatic heterocycles. The van der Waals surface area contributed by atoms with Crippen molar-refractivity contribution in [2.24, 2.45) is 5.10 Å². The van der Waals surface area contributed by atoms with Crippen molar-refractivity contribution in [2.75, 3.05) is 72.7 Å². The number of methoxy groups -OCH3 is 1. The summed E-state index contributed by atoms with van der Waals surface area (Å²) < 4.78 is 16.8. The van der Waals surface area contributed by atoms with Crippen LogP contribution in [0.5, 0.6) is 11.5 Å². The molecule has 0 aliphatic carbocycles. The monoisotopic (exact) mass is 521 g/mol. The second-order valence-electron chi connectivity index (χ2n) is 10.2. The van der Waals surface area contributed by atoms with E-state index in [1.807, 2.05) is 42.5 Å². The number of benzene rings is 2. The third-order valence-corrected chi connectivity index (χ3v) is 7.63. The van der Waals surface area contributed by atoms with Gasteiger partial charge in [-0.15, -0.1) is 0 Å². The fourth-order valence-corrected chi connectivity index (χ4v) is 5.44. The third kappa shape index (κ3) is 7.11. The van der Waals surface area contributed by atoms with E-state index in [1.54, 1.807) is 13.3 Å². The fourth-order valence-electron chi connectivity index (χ4n) is 5.44. The molecule has 0 spiro atoms. The van der Waals surface area contributed by atoms with Crippen molar-refractivity contribution in [1.29, 1.82) is 0 Å². The summed E-state index contributed by atoms with van der Waals surface area (Å²) in [6.45, 7) is 10.5. The molecule has 3 heterocycles. The molecule has 1 atom stereocenters. The second kappa shape index (κ2) is 13.2. The first-order chi connectivity index (χ1) is 18.7. The van der Waals surface area contributed by atoms with Crippen LogP contribution in [0.3, 0.4) is 0 Å². The third-order valence-electron chi connectivity index (χ3n) is 7.63. The number of rotatable bonds is 10. The van der Waals surface area contributed by atoms with Crippen molar-refractivity contribution in [3.63, 3.8) is 0 Å². The lowest BCUT2D eigenvalue weighted by Gasteiger charge is -2.37. The Morgan fingerprint density at radius 2 is 1.89 bits per heavy atom. The lowest BCUT2D eigenvalue weighted by Crippen LogP contribution is -2.49. The van der Waals surface area contributed by atoms with Crippen LogP contribution in [0.15, 0.2) is 47.6 Å². The SMILES string of the molecule is COc1cc(C=NNC(=O)c2ccc(CN3CCN4CCCC4C3)cc2)ccc1OCCN1CCOCC1. The topological polar surface area (TPSA) is 78.9 Å². The van der Waals surface area contributed by atoms with Crippen LogP contribution in [0.1, 0.15) is 34.3 Å². The minimum atomic E-state index is -0.234. The van der Waals surface area contributed by atoms with Crippen molar-refractivity contribution in [3.05, 3.63) is 59.2 Å². The first kappa shape index (κ1) is 26.6. The molecule has 2 aromatic rings. The summed E-state index contributed by atoms with van der Waals surface area (Å²) in [4.78, 5) is 20.1. The minimum absolute atomic E-state index is 0.234. The van der Waals surface area contributed by atoms with Gasteiger partial charge in [0.05, 0.1) is 26.5 Å². The van der Waals surface area contributed by atoms with Crippen molar-refractivity contribution in [2.45, 2.75) is 25.4 Å². The smallest absolute Gasteiger partial charge is 0.271 e. The normalized spacial score (nSPS) is 20.9. The Kier molecular flexibility index (Phi) is 9.24. The zero-order valence-corrected chi connectivity index (χ0v) is 22.3. The molecule has 204 valence electrons. The number of nitrogens with one attached hydrogen (secondary N) is 1. The Hall–Kier alpha value is -2.98. The number of hydrazone groups is 1. The molecule has 1 N–H and O–H groups in total. The second-order valence-corrected chi connectivity index (χ2v) is 10.2. The fraction of sp³-hybridized carbons (Fsp3) is 0.517. The Labute approximate surface area is 225 Å². The number of piperazine rings is 1. The van der Waals surface area contributed by atoms with Crippen LogP contribution in [0.4, 0.5) is 0 Å². The number of nitrogens with zero attached hydrogens (tertiary/aromatic N) is 4. The lowest BCUT2D eigenvalue weighted by molar-refractivity contribution is 0.0321. The molecule has 1 unspecified atom stereocenters. The number of carbonyl (C=O) groups is 1. The van der Waals surface area contributed by atoms with Crippen molar-refractivity contribution in [3.8, 4) is 11.5 Å². The van der Waals surface area contributed by atoms with Gasteiger partial charge in [-0.2, -0.15) is 5.10 Å². The van der Waals surface area contributed by atoms with Gasteiger partial charge in [0.2, 0.25) is 0 Å². The van der Waals surface area contributed by atoms with Gasteiger partial charge in [0.1, 0.15) is 6.61 Å². The molecule has 38 heavy (non-hydrogen) atoms. The van der Waals surface area contributed by atoms with Crippen LogP contribution in [-0.2, 0) is 11.3 Å². The number of morpholine rings is 1. The molecule has 0 radical (unpaired) electrons. The van der Waals surface area contributed by atoms with E-state index in [9.17, 15) is 4.79 Å².